The van der Waals surface area contributed by atoms with Crippen molar-refractivity contribution in [2.24, 2.45) is 0 Å². The Hall–Kier alpha value is -1.61. The Morgan fingerprint density at radius 2 is 1.67 bits per heavy atom. The molecule has 0 unspecified atom stereocenters. The average Bonchev–Trinajstić information content (AvgIpc) is 2.75. The summed E-state index contributed by atoms with van der Waals surface area (Å²) in [6, 6.07) is 17.7. The molecule has 5 nitrogen and oxygen atoms in total. The van der Waals surface area contributed by atoms with Crippen molar-refractivity contribution in [2.45, 2.75) is 24.4 Å². The zero-order valence-electron chi connectivity index (χ0n) is 17.4. The number of sulfonamides is 1. The summed E-state index contributed by atoms with van der Waals surface area (Å²) in [6.45, 7) is 1.32. The Kier molecular flexibility index (Phi) is 8.83. The minimum absolute atomic E-state index is 0.0184. The van der Waals surface area contributed by atoms with Crippen LogP contribution in [0.15, 0.2) is 76.1 Å². The van der Waals surface area contributed by atoms with Gasteiger partial charge in [0.05, 0.1) is 17.5 Å². The second-order valence-electron chi connectivity index (χ2n) is 7.31. The summed E-state index contributed by atoms with van der Waals surface area (Å²) in [5, 5.41) is 3.99. The minimum Gasteiger partial charge on any atom is -0.348 e. The average molecular weight is 591 g/mol. The molecule has 0 bridgehead atoms. The number of nitrogens with one attached hydrogen (secondary N) is 1. The van der Waals surface area contributed by atoms with E-state index in [0.717, 1.165) is 14.3 Å². The number of benzene rings is 3. The smallest absolute Gasteiger partial charge is 0.243 e. The van der Waals surface area contributed by atoms with Gasteiger partial charge in [-0.3, -0.25) is 4.79 Å². The number of hydrogen-bond acceptors (Lipinski definition) is 3. The molecule has 0 saturated carbocycles. The monoisotopic (exact) mass is 588 g/mol. The molecule has 0 saturated heterocycles. The van der Waals surface area contributed by atoms with Crippen LogP contribution >= 0.6 is 50.7 Å². The van der Waals surface area contributed by atoms with Gasteiger partial charge in [0.25, 0.3) is 0 Å². The molecule has 0 aliphatic heterocycles. The first-order valence-electron chi connectivity index (χ1n) is 9.81. The number of carbonyl (C=O) groups excluding carboxylic acids is 1. The molecule has 3 aromatic carbocycles. The van der Waals surface area contributed by atoms with Crippen LogP contribution in [0.1, 0.15) is 24.1 Å². The Morgan fingerprint density at radius 1 is 1.00 bits per heavy atom. The quantitative estimate of drug-likeness (QED) is 0.327. The maximum atomic E-state index is 13.4. The summed E-state index contributed by atoms with van der Waals surface area (Å²) in [4.78, 5) is 12.9. The highest BCUT2D eigenvalue weighted by Crippen LogP contribution is 2.26. The van der Waals surface area contributed by atoms with Gasteiger partial charge in [0.2, 0.25) is 15.9 Å². The molecule has 0 heterocycles. The van der Waals surface area contributed by atoms with Crippen LogP contribution in [0.2, 0.25) is 15.1 Å². The van der Waals surface area contributed by atoms with Gasteiger partial charge >= 0.3 is 0 Å². The van der Waals surface area contributed by atoms with E-state index >= 15 is 0 Å². The van der Waals surface area contributed by atoms with Crippen LogP contribution in [-0.2, 0) is 21.4 Å². The van der Waals surface area contributed by atoms with E-state index in [1.807, 2.05) is 31.2 Å². The zero-order chi connectivity index (χ0) is 24.2. The van der Waals surface area contributed by atoms with E-state index in [-0.39, 0.29) is 17.5 Å². The molecular formula is C23H20BrCl3N2O3S. The molecular weight excluding hydrogens is 571 g/mol. The van der Waals surface area contributed by atoms with Gasteiger partial charge in [-0.05, 0) is 66.6 Å². The highest BCUT2D eigenvalue weighted by atomic mass is 79.9. The fourth-order valence-corrected chi connectivity index (χ4v) is 5.51. The van der Waals surface area contributed by atoms with E-state index in [0.29, 0.717) is 20.6 Å². The molecule has 3 rings (SSSR count). The number of amides is 1. The molecule has 1 N–H and O–H groups in total. The Morgan fingerprint density at radius 3 is 2.30 bits per heavy atom. The zero-order valence-corrected chi connectivity index (χ0v) is 22.1. The van der Waals surface area contributed by atoms with Crippen LogP contribution in [0, 0.1) is 0 Å². The van der Waals surface area contributed by atoms with Crippen molar-refractivity contribution < 1.29 is 13.2 Å². The van der Waals surface area contributed by atoms with Crippen molar-refractivity contribution in [1.29, 1.82) is 0 Å². The number of rotatable bonds is 8. The first-order valence-corrected chi connectivity index (χ1v) is 13.2. The summed E-state index contributed by atoms with van der Waals surface area (Å²) < 4.78 is 28.7. The fourth-order valence-electron chi connectivity index (χ4n) is 3.13. The predicted molar refractivity (Wildman–Crippen MR) is 136 cm³/mol. The highest BCUT2D eigenvalue weighted by molar-refractivity contribution is 9.10. The summed E-state index contributed by atoms with van der Waals surface area (Å²) in [6.07, 6.45) is 0. The lowest BCUT2D eigenvalue weighted by molar-refractivity contribution is -0.122. The Labute approximate surface area is 216 Å². The lowest BCUT2D eigenvalue weighted by atomic mass is 10.1. The fraction of sp³-hybridized carbons (Fsp3) is 0.174. The van der Waals surface area contributed by atoms with Crippen LogP contribution in [0.25, 0.3) is 0 Å². The van der Waals surface area contributed by atoms with E-state index in [1.54, 1.807) is 12.1 Å². The molecule has 3 aromatic rings. The largest absolute Gasteiger partial charge is 0.348 e. The van der Waals surface area contributed by atoms with Gasteiger partial charge in [0, 0.05) is 26.1 Å². The van der Waals surface area contributed by atoms with Gasteiger partial charge in [-0.15, -0.1) is 0 Å². The summed E-state index contributed by atoms with van der Waals surface area (Å²) in [5.41, 5.74) is 1.40. The van der Waals surface area contributed by atoms with Crippen LogP contribution in [0.4, 0.5) is 0 Å². The molecule has 0 fully saturated rings. The van der Waals surface area contributed by atoms with Gasteiger partial charge in [-0.25, -0.2) is 8.42 Å². The third-order valence-corrected chi connectivity index (χ3v) is 8.00. The van der Waals surface area contributed by atoms with Crippen molar-refractivity contribution in [3.63, 3.8) is 0 Å². The van der Waals surface area contributed by atoms with E-state index in [9.17, 15) is 13.2 Å². The molecule has 1 atom stereocenters. The number of nitrogens with zero attached hydrogens (tertiary/aromatic N) is 1. The molecule has 0 radical (unpaired) electrons. The minimum atomic E-state index is -4.03. The highest BCUT2D eigenvalue weighted by Gasteiger charge is 2.28. The molecule has 0 spiro atoms. The predicted octanol–water partition coefficient (Wildman–Crippen LogP) is 6.48. The summed E-state index contributed by atoms with van der Waals surface area (Å²) >= 11 is 21.6. The van der Waals surface area contributed by atoms with Crippen LogP contribution in [0.3, 0.4) is 0 Å². The molecule has 33 heavy (non-hydrogen) atoms. The second-order valence-corrected chi connectivity index (χ2v) is 11.4. The van der Waals surface area contributed by atoms with Gasteiger partial charge in [0.1, 0.15) is 0 Å². The molecule has 0 aliphatic carbocycles. The number of carbonyl (C=O) groups is 1. The molecule has 1 amide bonds. The Balaban J connectivity index is 1.87. The van der Waals surface area contributed by atoms with Crippen molar-refractivity contribution in [3.8, 4) is 0 Å². The van der Waals surface area contributed by atoms with E-state index in [2.05, 4.69) is 21.2 Å². The molecule has 0 aliphatic rings. The van der Waals surface area contributed by atoms with Crippen LogP contribution in [0.5, 0.6) is 0 Å². The molecule has 174 valence electrons. The second kappa shape index (κ2) is 11.2. The topological polar surface area (TPSA) is 66.5 Å². The van der Waals surface area contributed by atoms with E-state index in [1.165, 1.54) is 30.3 Å². The molecule has 0 aromatic heterocycles. The standard InChI is InChI=1S/C23H20BrCl3N2O3S/c1-15(16-3-2-4-18(24)11-16)28-23(30)14-29(13-17-5-6-20(26)12-22(17)27)33(31,32)21-9-7-19(25)8-10-21/h2-12,15H,13-14H2,1H3,(H,28,30)/t15-/m1/s1. The third kappa shape index (κ3) is 6.94. The Bertz CT molecular complexity index is 1250. The normalized spacial score (nSPS) is 12.5. The van der Waals surface area contributed by atoms with Crippen LogP contribution in [-0.4, -0.2) is 25.2 Å². The lowest BCUT2D eigenvalue weighted by Gasteiger charge is -2.24. The van der Waals surface area contributed by atoms with Gasteiger partial charge in [-0.1, -0.05) is 68.9 Å². The van der Waals surface area contributed by atoms with Crippen LogP contribution < -0.4 is 5.32 Å². The SMILES string of the molecule is C[C@@H](NC(=O)CN(Cc1ccc(Cl)cc1Cl)S(=O)(=O)c1ccc(Cl)cc1)c1cccc(Br)c1. The van der Waals surface area contributed by atoms with Crippen molar-refractivity contribution >= 4 is 66.7 Å². The van der Waals surface area contributed by atoms with E-state index in [4.69, 9.17) is 34.8 Å². The van der Waals surface area contributed by atoms with E-state index < -0.39 is 22.5 Å². The summed E-state index contributed by atoms with van der Waals surface area (Å²) in [5.74, 6) is -0.454. The third-order valence-electron chi connectivity index (χ3n) is 4.86. The van der Waals surface area contributed by atoms with Gasteiger partial charge in [-0.2, -0.15) is 4.31 Å². The number of halogens is 4. The number of hydrogen-bond donors (Lipinski definition) is 1. The van der Waals surface area contributed by atoms with Crippen molar-refractivity contribution in [3.05, 3.63) is 97.4 Å². The summed E-state index contributed by atoms with van der Waals surface area (Å²) in [7, 11) is -4.03. The first-order chi connectivity index (χ1) is 15.6. The first kappa shape index (κ1) is 26.0. The van der Waals surface area contributed by atoms with Gasteiger partial charge in [0.15, 0.2) is 0 Å². The molecule has 10 heteroatoms. The van der Waals surface area contributed by atoms with Crippen molar-refractivity contribution in [2.75, 3.05) is 6.54 Å². The van der Waals surface area contributed by atoms with Gasteiger partial charge < -0.3 is 5.32 Å². The van der Waals surface area contributed by atoms with Crippen molar-refractivity contribution in [1.82, 2.24) is 9.62 Å². The maximum Gasteiger partial charge on any atom is 0.243 e. The lowest BCUT2D eigenvalue weighted by Crippen LogP contribution is -2.41. The maximum absolute atomic E-state index is 13.4.